The van der Waals surface area contributed by atoms with Gasteiger partial charge in [0.05, 0.1) is 0 Å². The minimum atomic E-state index is 0. The summed E-state index contributed by atoms with van der Waals surface area (Å²) >= 11 is 0. The van der Waals surface area contributed by atoms with E-state index in [1.54, 1.807) is 0 Å². The molecule has 1 fully saturated rings. The average Bonchev–Trinajstić information content (AvgIpc) is 2.55. The number of pyridine rings is 1. The number of nitrogens with zero attached hydrogens (tertiary/aromatic N) is 2. The molecule has 18 heavy (non-hydrogen) atoms. The molecule has 0 radical (unpaired) electrons. The minimum absolute atomic E-state index is 0. The third kappa shape index (κ3) is 4.25. The van der Waals surface area contributed by atoms with E-state index in [9.17, 15) is 0 Å². The number of hydrogen-bond acceptors (Lipinski definition) is 2. The Morgan fingerprint density at radius 3 is 2.67 bits per heavy atom. The van der Waals surface area contributed by atoms with Gasteiger partial charge in [0, 0.05) is 18.9 Å². The third-order valence-electron chi connectivity index (χ3n) is 3.87. The van der Waals surface area contributed by atoms with Gasteiger partial charge in [-0.05, 0) is 50.4 Å². The van der Waals surface area contributed by atoms with Crippen molar-refractivity contribution in [1.29, 1.82) is 0 Å². The Hall–Kier alpha value is -0.600. The van der Waals surface area contributed by atoms with Gasteiger partial charge in [0.15, 0.2) is 0 Å². The van der Waals surface area contributed by atoms with Crippen LogP contribution < -0.4 is 0 Å². The first kappa shape index (κ1) is 15.5. The van der Waals surface area contributed by atoms with Gasteiger partial charge >= 0.3 is 0 Å². The topological polar surface area (TPSA) is 16.1 Å². The first-order valence-corrected chi connectivity index (χ1v) is 6.82. The first-order valence-electron chi connectivity index (χ1n) is 6.82. The van der Waals surface area contributed by atoms with Crippen LogP contribution in [0.5, 0.6) is 0 Å². The van der Waals surface area contributed by atoms with E-state index in [-0.39, 0.29) is 12.4 Å². The molecule has 0 bridgehead atoms. The van der Waals surface area contributed by atoms with Crippen molar-refractivity contribution in [3.8, 4) is 0 Å². The van der Waals surface area contributed by atoms with Crippen LogP contribution in [0.15, 0.2) is 24.5 Å². The Morgan fingerprint density at radius 2 is 2.00 bits per heavy atom. The maximum atomic E-state index is 4.29. The van der Waals surface area contributed by atoms with Gasteiger partial charge in [-0.25, -0.2) is 0 Å². The molecule has 3 heteroatoms. The second kappa shape index (κ2) is 7.75. The van der Waals surface area contributed by atoms with E-state index in [0.717, 1.165) is 5.92 Å². The van der Waals surface area contributed by atoms with Crippen molar-refractivity contribution in [3.05, 3.63) is 30.1 Å². The lowest BCUT2D eigenvalue weighted by Gasteiger charge is -2.28. The molecular formula is C15H25ClN2. The normalized spacial score (nSPS) is 24.4. The summed E-state index contributed by atoms with van der Waals surface area (Å²) in [5, 5.41) is 0. The molecule has 0 spiro atoms. The van der Waals surface area contributed by atoms with Crippen molar-refractivity contribution >= 4 is 12.4 Å². The van der Waals surface area contributed by atoms with Crippen LogP contribution in [0.2, 0.25) is 0 Å². The number of rotatable bonds is 3. The Labute approximate surface area is 117 Å². The molecule has 2 nitrogen and oxygen atoms in total. The fourth-order valence-corrected chi connectivity index (χ4v) is 3.11. The Kier molecular flexibility index (Phi) is 6.66. The highest BCUT2D eigenvalue weighted by atomic mass is 35.5. The summed E-state index contributed by atoms with van der Waals surface area (Å²) in [6, 6.07) is 4.33. The van der Waals surface area contributed by atoms with Crippen molar-refractivity contribution < 1.29 is 0 Å². The van der Waals surface area contributed by atoms with Crippen molar-refractivity contribution in [2.75, 3.05) is 20.6 Å². The van der Waals surface area contributed by atoms with Crippen LogP contribution >= 0.6 is 12.4 Å². The molecule has 1 saturated carbocycles. The van der Waals surface area contributed by atoms with Gasteiger partial charge in [-0.1, -0.05) is 25.3 Å². The molecule has 1 aromatic heterocycles. The Balaban J connectivity index is 0.00000162. The Morgan fingerprint density at radius 1 is 1.22 bits per heavy atom. The second-order valence-corrected chi connectivity index (χ2v) is 5.55. The van der Waals surface area contributed by atoms with Crippen molar-refractivity contribution in [2.24, 2.45) is 5.92 Å². The van der Waals surface area contributed by atoms with Crippen LogP contribution in [-0.4, -0.2) is 30.5 Å². The van der Waals surface area contributed by atoms with E-state index < -0.39 is 0 Å². The molecule has 0 aromatic carbocycles. The summed E-state index contributed by atoms with van der Waals surface area (Å²) in [5.74, 6) is 1.52. The van der Waals surface area contributed by atoms with Crippen molar-refractivity contribution in [3.63, 3.8) is 0 Å². The van der Waals surface area contributed by atoms with Crippen LogP contribution in [0.4, 0.5) is 0 Å². The average molecular weight is 269 g/mol. The SMILES string of the molecule is CN(C)CC1CCCCCC1c1cccnc1.Cl. The van der Waals surface area contributed by atoms with Gasteiger partial charge in [-0.15, -0.1) is 12.4 Å². The standard InChI is InChI=1S/C15H24N2.ClH/c1-17(2)12-14-7-4-3-5-9-15(14)13-8-6-10-16-11-13;/h6,8,10-11,14-15H,3-5,7,9,12H2,1-2H3;1H. The van der Waals surface area contributed by atoms with Gasteiger partial charge in [0.2, 0.25) is 0 Å². The van der Waals surface area contributed by atoms with E-state index in [1.165, 1.54) is 44.2 Å². The van der Waals surface area contributed by atoms with E-state index in [4.69, 9.17) is 0 Å². The summed E-state index contributed by atoms with van der Waals surface area (Å²) in [4.78, 5) is 6.62. The molecule has 0 aliphatic heterocycles. The molecule has 2 unspecified atom stereocenters. The first-order chi connectivity index (χ1) is 8.27. The van der Waals surface area contributed by atoms with Gasteiger partial charge in [0.1, 0.15) is 0 Å². The Bertz CT molecular complexity index is 327. The van der Waals surface area contributed by atoms with Crippen LogP contribution in [-0.2, 0) is 0 Å². The number of hydrogen-bond donors (Lipinski definition) is 0. The fourth-order valence-electron chi connectivity index (χ4n) is 3.11. The summed E-state index contributed by atoms with van der Waals surface area (Å²) in [6.45, 7) is 1.21. The highest BCUT2D eigenvalue weighted by Gasteiger charge is 2.25. The number of halogens is 1. The predicted molar refractivity (Wildman–Crippen MR) is 79.4 cm³/mol. The molecule has 102 valence electrons. The summed E-state index contributed by atoms with van der Waals surface area (Å²) in [5.41, 5.74) is 1.45. The molecule has 1 aromatic rings. The zero-order chi connectivity index (χ0) is 12.1. The van der Waals surface area contributed by atoms with E-state index in [2.05, 4.69) is 42.3 Å². The molecule has 0 amide bonds. The van der Waals surface area contributed by atoms with Gasteiger partial charge in [0.25, 0.3) is 0 Å². The largest absolute Gasteiger partial charge is 0.309 e. The highest BCUT2D eigenvalue weighted by Crippen LogP contribution is 2.36. The van der Waals surface area contributed by atoms with E-state index in [0.29, 0.717) is 5.92 Å². The van der Waals surface area contributed by atoms with Crippen LogP contribution in [0.1, 0.15) is 43.6 Å². The lowest BCUT2D eigenvalue weighted by molar-refractivity contribution is 0.277. The van der Waals surface area contributed by atoms with Gasteiger partial charge < -0.3 is 4.90 Å². The molecule has 2 rings (SSSR count). The van der Waals surface area contributed by atoms with E-state index in [1.807, 2.05) is 6.20 Å². The molecule has 1 aliphatic rings. The van der Waals surface area contributed by atoms with Crippen molar-refractivity contribution in [1.82, 2.24) is 9.88 Å². The maximum Gasteiger partial charge on any atom is 0.0302 e. The molecule has 1 aliphatic carbocycles. The minimum Gasteiger partial charge on any atom is -0.309 e. The molecule has 0 saturated heterocycles. The van der Waals surface area contributed by atoms with Crippen molar-refractivity contribution in [2.45, 2.75) is 38.0 Å². The van der Waals surface area contributed by atoms with Gasteiger partial charge in [-0.3, -0.25) is 4.98 Å². The third-order valence-corrected chi connectivity index (χ3v) is 3.87. The summed E-state index contributed by atoms with van der Waals surface area (Å²) in [7, 11) is 4.37. The molecular weight excluding hydrogens is 244 g/mol. The van der Waals surface area contributed by atoms with Gasteiger partial charge in [-0.2, -0.15) is 0 Å². The predicted octanol–water partition coefficient (Wildman–Crippen LogP) is 3.73. The van der Waals surface area contributed by atoms with E-state index >= 15 is 0 Å². The molecule has 0 N–H and O–H groups in total. The maximum absolute atomic E-state index is 4.29. The summed E-state index contributed by atoms with van der Waals surface area (Å²) < 4.78 is 0. The summed E-state index contributed by atoms with van der Waals surface area (Å²) in [6.07, 6.45) is 10.8. The zero-order valence-electron chi connectivity index (χ0n) is 11.5. The van der Waals surface area contributed by atoms with Crippen LogP contribution in [0, 0.1) is 5.92 Å². The monoisotopic (exact) mass is 268 g/mol. The smallest absolute Gasteiger partial charge is 0.0302 e. The lowest BCUT2D eigenvalue weighted by atomic mass is 9.83. The molecule has 1 heterocycles. The second-order valence-electron chi connectivity index (χ2n) is 5.55. The quantitative estimate of drug-likeness (QED) is 0.777. The highest BCUT2D eigenvalue weighted by molar-refractivity contribution is 5.85. The molecule has 2 atom stereocenters. The zero-order valence-corrected chi connectivity index (χ0v) is 12.3. The fraction of sp³-hybridized carbons (Fsp3) is 0.667. The van der Waals surface area contributed by atoms with Crippen LogP contribution in [0.3, 0.4) is 0 Å². The number of aromatic nitrogens is 1. The van der Waals surface area contributed by atoms with Crippen LogP contribution in [0.25, 0.3) is 0 Å². The lowest BCUT2D eigenvalue weighted by Crippen LogP contribution is -2.26.